The van der Waals surface area contributed by atoms with Gasteiger partial charge in [0.15, 0.2) is 0 Å². The average Bonchev–Trinajstić information content (AvgIpc) is 2.90. The van der Waals surface area contributed by atoms with Crippen molar-refractivity contribution >= 4 is 22.0 Å². The van der Waals surface area contributed by atoms with Gasteiger partial charge in [-0.3, -0.25) is 5.41 Å². The third-order valence-electron chi connectivity index (χ3n) is 3.57. The summed E-state index contributed by atoms with van der Waals surface area (Å²) >= 11 is 0. The van der Waals surface area contributed by atoms with Gasteiger partial charge >= 0.3 is 0 Å². The number of aromatic nitrogens is 2. The van der Waals surface area contributed by atoms with Crippen molar-refractivity contribution < 1.29 is 4.42 Å². The minimum absolute atomic E-state index is 0.118. The molecule has 102 valence electrons. The van der Waals surface area contributed by atoms with Crippen molar-refractivity contribution in [3.05, 3.63) is 59.6 Å². The number of H-pyrrole nitrogens is 1. The number of nitrogens with zero attached hydrogens (tertiary/aromatic N) is 1. The zero-order valence-corrected chi connectivity index (χ0v) is 11.5. The van der Waals surface area contributed by atoms with Crippen LogP contribution in [0.15, 0.2) is 52.9 Å². The molecule has 0 bridgehead atoms. The monoisotopic (exact) mass is 275 g/mol. The Morgan fingerprint density at radius 2 is 1.95 bits per heavy atom. The summed E-state index contributed by atoms with van der Waals surface area (Å²) < 4.78 is 5.63. The number of nitrogens with one attached hydrogen (secondary N) is 2. The number of aromatic amines is 1. The topological polar surface area (TPSA) is 65.7 Å². The lowest BCUT2D eigenvalue weighted by Crippen LogP contribution is -2.04. The molecule has 4 nitrogen and oxygen atoms in total. The van der Waals surface area contributed by atoms with Crippen LogP contribution in [0.25, 0.3) is 33.4 Å². The molecular weight excluding hydrogens is 262 g/mol. The van der Waals surface area contributed by atoms with Crippen LogP contribution in [0.4, 0.5) is 0 Å². The van der Waals surface area contributed by atoms with Crippen molar-refractivity contribution in [3.63, 3.8) is 0 Å². The number of imidazole rings is 1. The number of aryl methyl sites for hydroxylation is 1. The van der Waals surface area contributed by atoms with Gasteiger partial charge in [0, 0.05) is 5.39 Å². The highest BCUT2D eigenvalue weighted by Crippen LogP contribution is 2.22. The second-order valence-corrected chi connectivity index (χ2v) is 5.13. The Morgan fingerprint density at radius 1 is 1.10 bits per heavy atom. The molecule has 0 saturated carbocycles. The van der Waals surface area contributed by atoms with Gasteiger partial charge < -0.3 is 9.40 Å². The van der Waals surface area contributed by atoms with E-state index in [1.165, 1.54) is 0 Å². The Hall–Kier alpha value is -2.88. The van der Waals surface area contributed by atoms with E-state index in [1.807, 2.05) is 55.5 Å². The zero-order valence-electron chi connectivity index (χ0n) is 11.5. The van der Waals surface area contributed by atoms with Gasteiger partial charge in [-0.25, -0.2) is 4.98 Å². The summed E-state index contributed by atoms with van der Waals surface area (Å²) in [6.07, 6.45) is 0. The Bertz CT molecular complexity index is 994. The predicted molar refractivity (Wildman–Crippen MR) is 81.9 cm³/mol. The van der Waals surface area contributed by atoms with Crippen LogP contribution in [-0.4, -0.2) is 9.97 Å². The average molecular weight is 275 g/mol. The van der Waals surface area contributed by atoms with Gasteiger partial charge in [0.1, 0.15) is 11.4 Å². The molecular formula is C17H13N3O. The number of rotatable bonds is 1. The third kappa shape index (κ3) is 1.92. The van der Waals surface area contributed by atoms with E-state index < -0.39 is 0 Å². The number of para-hydroxylation sites is 2. The molecule has 4 aromatic rings. The molecule has 0 unspecified atom stereocenters. The number of fused-ring (bicyclic) bond motifs is 2. The van der Waals surface area contributed by atoms with E-state index >= 15 is 0 Å². The van der Waals surface area contributed by atoms with Gasteiger partial charge in [-0.2, -0.15) is 0 Å². The molecule has 0 fully saturated rings. The number of hydrogen-bond acceptors (Lipinski definition) is 3. The molecule has 0 aliphatic heterocycles. The lowest BCUT2D eigenvalue weighted by atomic mass is 10.1. The van der Waals surface area contributed by atoms with E-state index in [4.69, 9.17) is 9.83 Å². The van der Waals surface area contributed by atoms with Gasteiger partial charge in [-0.05, 0) is 36.8 Å². The number of benzene rings is 2. The molecule has 2 aromatic heterocycles. The van der Waals surface area contributed by atoms with E-state index in [1.54, 1.807) is 0 Å². The first-order valence-corrected chi connectivity index (χ1v) is 6.75. The van der Waals surface area contributed by atoms with Crippen molar-refractivity contribution in [1.29, 1.82) is 5.41 Å². The van der Waals surface area contributed by atoms with Gasteiger partial charge in [-0.1, -0.05) is 24.3 Å². The van der Waals surface area contributed by atoms with Crippen LogP contribution in [0.3, 0.4) is 0 Å². The van der Waals surface area contributed by atoms with Crippen LogP contribution >= 0.6 is 0 Å². The maximum absolute atomic E-state index is 8.11. The quantitative estimate of drug-likeness (QED) is 0.555. The highest BCUT2D eigenvalue weighted by molar-refractivity contribution is 5.83. The lowest BCUT2D eigenvalue weighted by Gasteiger charge is -2.02. The predicted octanol–water partition coefficient (Wildman–Crippen LogP) is 3.76. The summed E-state index contributed by atoms with van der Waals surface area (Å²) in [6.45, 7) is 2.01. The van der Waals surface area contributed by atoms with Crippen molar-refractivity contribution in [2.45, 2.75) is 6.92 Å². The van der Waals surface area contributed by atoms with Crippen LogP contribution in [0.2, 0.25) is 0 Å². The summed E-state index contributed by atoms with van der Waals surface area (Å²) in [7, 11) is 0. The fourth-order valence-electron chi connectivity index (χ4n) is 2.49. The van der Waals surface area contributed by atoms with Gasteiger partial charge in [0.25, 0.3) is 0 Å². The molecule has 0 atom stereocenters. The van der Waals surface area contributed by atoms with E-state index in [0.717, 1.165) is 27.6 Å². The van der Waals surface area contributed by atoms with Crippen LogP contribution in [0, 0.1) is 12.3 Å². The van der Waals surface area contributed by atoms with E-state index in [2.05, 4.69) is 9.97 Å². The molecule has 0 saturated heterocycles. The Labute approximate surface area is 120 Å². The fraction of sp³-hybridized carbons (Fsp3) is 0.0588. The minimum atomic E-state index is 0.118. The summed E-state index contributed by atoms with van der Waals surface area (Å²) in [5.41, 5.74) is 4.46. The molecule has 4 heteroatoms. The third-order valence-corrected chi connectivity index (χ3v) is 3.57. The maximum atomic E-state index is 8.11. The zero-order chi connectivity index (χ0) is 14.4. The lowest BCUT2D eigenvalue weighted by molar-refractivity contribution is 0.535. The molecule has 0 aliphatic carbocycles. The standard InChI is InChI=1S/C17H13N3O/c1-10-6-7-11-9-12(16(18)21-15(11)8-10)17-19-13-4-2-3-5-14(13)20-17/h2-9,18H,1H3,(H,19,20). The molecule has 21 heavy (non-hydrogen) atoms. The summed E-state index contributed by atoms with van der Waals surface area (Å²) in [6, 6.07) is 15.7. The largest absolute Gasteiger partial charge is 0.438 e. The molecule has 2 N–H and O–H groups in total. The Kier molecular flexibility index (Phi) is 2.44. The Morgan fingerprint density at radius 3 is 2.81 bits per heavy atom. The van der Waals surface area contributed by atoms with Gasteiger partial charge in [0.05, 0.1) is 16.6 Å². The van der Waals surface area contributed by atoms with Crippen LogP contribution in [0.5, 0.6) is 0 Å². The highest BCUT2D eigenvalue weighted by atomic mass is 16.3. The van der Waals surface area contributed by atoms with Crippen molar-refractivity contribution in [2.24, 2.45) is 0 Å². The van der Waals surface area contributed by atoms with Crippen molar-refractivity contribution in [3.8, 4) is 11.4 Å². The molecule has 0 aliphatic rings. The Balaban J connectivity index is 1.99. The minimum Gasteiger partial charge on any atom is -0.438 e. The summed E-state index contributed by atoms with van der Waals surface area (Å²) in [5, 5.41) is 9.07. The number of hydrogen-bond donors (Lipinski definition) is 2. The molecule has 0 radical (unpaired) electrons. The van der Waals surface area contributed by atoms with Crippen molar-refractivity contribution in [1.82, 2.24) is 9.97 Å². The molecule has 4 rings (SSSR count). The SMILES string of the molecule is Cc1ccc2cc(-c3nc4ccccc4[nH]3)c(=N)oc2c1. The summed E-state index contributed by atoms with van der Waals surface area (Å²) in [4.78, 5) is 7.77. The maximum Gasteiger partial charge on any atom is 0.223 e. The first-order chi connectivity index (χ1) is 10.2. The first-order valence-electron chi connectivity index (χ1n) is 6.75. The molecule has 2 heterocycles. The van der Waals surface area contributed by atoms with E-state index in [9.17, 15) is 0 Å². The van der Waals surface area contributed by atoms with Gasteiger partial charge in [0.2, 0.25) is 5.55 Å². The summed E-state index contributed by atoms with van der Waals surface area (Å²) in [5.74, 6) is 0.660. The van der Waals surface area contributed by atoms with Crippen LogP contribution < -0.4 is 5.55 Å². The van der Waals surface area contributed by atoms with E-state index in [-0.39, 0.29) is 5.55 Å². The molecule has 2 aromatic carbocycles. The van der Waals surface area contributed by atoms with Gasteiger partial charge in [-0.15, -0.1) is 0 Å². The smallest absolute Gasteiger partial charge is 0.223 e. The normalized spacial score (nSPS) is 11.3. The van der Waals surface area contributed by atoms with Crippen LogP contribution in [0.1, 0.15) is 5.56 Å². The first kappa shape index (κ1) is 11.9. The highest BCUT2D eigenvalue weighted by Gasteiger charge is 2.10. The van der Waals surface area contributed by atoms with E-state index in [0.29, 0.717) is 11.4 Å². The second-order valence-electron chi connectivity index (χ2n) is 5.13. The van der Waals surface area contributed by atoms with Crippen LogP contribution in [-0.2, 0) is 0 Å². The molecule has 0 spiro atoms. The molecule has 0 amide bonds. The van der Waals surface area contributed by atoms with Crippen molar-refractivity contribution in [2.75, 3.05) is 0 Å². The fourth-order valence-corrected chi connectivity index (χ4v) is 2.49. The second kappa shape index (κ2) is 4.31.